The predicted octanol–water partition coefficient (Wildman–Crippen LogP) is 2.34. The van der Waals surface area contributed by atoms with E-state index in [-0.39, 0.29) is 17.4 Å². The number of aromatic nitrogens is 3. The first-order valence-electron chi connectivity index (χ1n) is 7.82. The second-order valence-electron chi connectivity index (χ2n) is 5.91. The summed E-state index contributed by atoms with van der Waals surface area (Å²) in [6.45, 7) is 2.51. The number of fused-ring (bicyclic) bond motifs is 3. The maximum atomic E-state index is 13.6. The van der Waals surface area contributed by atoms with Crippen LogP contribution in [-0.2, 0) is 29.4 Å². The van der Waals surface area contributed by atoms with Crippen molar-refractivity contribution in [2.45, 2.75) is 31.3 Å². The van der Waals surface area contributed by atoms with Crippen LogP contribution in [0.25, 0.3) is 10.9 Å². The molecule has 3 heterocycles. The Balaban J connectivity index is 1.73. The molecule has 0 atom stereocenters. The van der Waals surface area contributed by atoms with E-state index in [0.717, 1.165) is 22.2 Å². The largest absolute Gasteiger partial charge is 0.358 e. The van der Waals surface area contributed by atoms with Gasteiger partial charge in [-0.3, -0.25) is 0 Å². The number of rotatable bonds is 3. The van der Waals surface area contributed by atoms with E-state index < -0.39 is 10.0 Å². The molecule has 0 bridgehead atoms. The maximum Gasteiger partial charge on any atom is 0.260 e. The third-order valence-corrected chi connectivity index (χ3v) is 6.21. The van der Waals surface area contributed by atoms with Crippen molar-refractivity contribution in [3.8, 4) is 0 Å². The number of halogens is 1. The Labute approximate surface area is 138 Å². The van der Waals surface area contributed by atoms with Crippen molar-refractivity contribution in [2.75, 3.05) is 6.54 Å². The SMILES string of the molecule is CCc1ncc(S(=O)(=O)N2CCc3[nH]c4ccc(F)cc4c3C2)[nH]1. The molecule has 2 N–H and O–H groups in total. The van der Waals surface area contributed by atoms with Gasteiger partial charge in [0.2, 0.25) is 0 Å². The number of H-pyrrole nitrogens is 2. The lowest BCUT2D eigenvalue weighted by Crippen LogP contribution is -2.36. The zero-order valence-corrected chi connectivity index (χ0v) is 14.0. The third kappa shape index (κ3) is 2.33. The van der Waals surface area contributed by atoms with Crippen LogP contribution in [0.15, 0.2) is 29.4 Å². The van der Waals surface area contributed by atoms with Crippen LogP contribution in [0.1, 0.15) is 24.0 Å². The number of hydrogen-bond acceptors (Lipinski definition) is 3. The van der Waals surface area contributed by atoms with Gasteiger partial charge in [0.05, 0.1) is 6.20 Å². The normalized spacial score (nSPS) is 15.8. The molecule has 3 aromatic rings. The predicted molar refractivity (Wildman–Crippen MR) is 87.5 cm³/mol. The van der Waals surface area contributed by atoms with Gasteiger partial charge >= 0.3 is 0 Å². The molecule has 0 saturated heterocycles. The second-order valence-corrected chi connectivity index (χ2v) is 7.81. The summed E-state index contributed by atoms with van der Waals surface area (Å²) < 4.78 is 40.6. The number of imidazole rings is 1. The molecule has 0 saturated carbocycles. The highest BCUT2D eigenvalue weighted by Crippen LogP contribution is 2.30. The highest BCUT2D eigenvalue weighted by atomic mass is 32.2. The summed E-state index contributed by atoms with van der Waals surface area (Å²) in [7, 11) is -3.64. The van der Waals surface area contributed by atoms with E-state index in [9.17, 15) is 12.8 Å². The molecular formula is C16H17FN4O2S. The van der Waals surface area contributed by atoms with Gasteiger partial charge in [0, 0.05) is 42.5 Å². The number of benzene rings is 1. The van der Waals surface area contributed by atoms with Crippen molar-refractivity contribution in [3.05, 3.63) is 47.3 Å². The number of sulfonamides is 1. The van der Waals surface area contributed by atoms with Gasteiger partial charge in [-0.15, -0.1) is 0 Å². The Kier molecular flexibility index (Phi) is 3.47. The summed E-state index contributed by atoms with van der Waals surface area (Å²) in [5.74, 6) is 0.311. The molecule has 126 valence electrons. The van der Waals surface area contributed by atoms with Gasteiger partial charge in [0.1, 0.15) is 11.6 Å². The van der Waals surface area contributed by atoms with Gasteiger partial charge in [-0.05, 0) is 23.8 Å². The van der Waals surface area contributed by atoms with E-state index in [1.54, 1.807) is 6.07 Å². The third-order valence-electron chi connectivity index (χ3n) is 4.46. The summed E-state index contributed by atoms with van der Waals surface area (Å²) in [5.41, 5.74) is 2.64. The molecule has 24 heavy (non-hydrogen) atoms. The molecule has 0 aliphatic carbocycles. The van der Waals surface area contributed by atoms with Crippen LogP contribution in [0.5, 0.6) is 0 Å². The minimum Gasteiger partial charge on any atom is -0.358 e. The first-order valence-corrected chi connectivity index (χ1v) is 9.26. The van der Waals surface area contributed by atoms with E-state index in [0.29, 0.717) is 25.2 Å². The van der Waals surface area contributed by atoms with Crippen molar-refractivity contribution in [1.29, 1.82) is 0 Å². The number of hydrogen-bond donors (Lipinski definition) is 2. The maximum absolute atomic E-state index is 13.6. The monoisotopic (exact) mass is 348 g/mol. The lowest BCUT2D eigenvalue weighted by atomic mass is 10.1. The molecule has 1 aromatic carbocycles. The van der Waals surface area contributed by atoms with E-state index >= 15 is 0 Å². The van der Waals surface area contributed by atoms with E-state index in [4.69, 9.17) is 0 Å². The smallest absolute Gasteiger partial charge is 0.260 e. The summed E-state index contributed by atoms with van der Waals surface area (Å²) in [6, 6.07) is 4.53. The molecule has 8 heteroatoms. The van der Waals surface area contributed by atoms with E-state index in [1.807, 2.05) is 6.92 Å². The number of aryl methyl sites for hydroxylation is 1. The topological polar surface area (TPSA) is 81.8 Å². The molecule has 1 aliphatic rings. The second kappa shape index (κ2) is 5.42. The molecular weight excluding hydrogens is 331 g/mol. The lowest BCUT2D eigenvalue weighted by Gasteiger charge is -2.25. The molecule has 0 amide bonds. The van der Waals surface area contributed by atoms with Gasteiger partial charge < -0.3 is 9.97 Å². The van der Waals surface area contributed by atoms with Crippen molar-refractivity contribution in [1.82, 2.24) is 19.3 Å². The molecule has 1 aliphatic heterocycles. The van der Waals surface area contributed by atoms with Crippen LogP contribution in [0, 0.1) is 5.82 Å². The van der Waals surface area contributed by atoms with Crippen molar-refractivity contribution >= 4 is 20.9 Å². The summed E-state index contributed by atoms with van der Waals surface area (Å²) >= 11 is 0. The number of nitrogens with zero attached hydrogens (tertiary/aromatic N) is 2. The van der Waals surface area contributed by atoms with E-state index in [1.165, 1.54) is 22.6 Å². The van der Waals surface area contributed by atoms with Crippen LogP contribution in [0.2, 0.25) is 0 Å². The fourth-order valence-electron chi connectivity index (χ4n) is 3.16. The fourth-order valence-corrected chi connectivity index (χ4v) is 4.50. The van der Waals surface area contributed by atoms with Crippen LogP contribution < -0.4 is 0 Å². The molecule has 2 aromatic heterocycles. The first kappa shape index (κ1) is 15.3. The quantitative estimate of drug-likeness (QED) is 0.762. The van der Waals surface area contributed by atoms with Crippen LogP contribution in [-0.4, -0.2) is 34.2 Å². The van der Waals surface area contributed by atoms with Gasteiger partial charge in [-0.2, -0.15) is 4.31 Å². The molecule has 0 spiro atoms. The Hall–Kier alpha value is -2.19. The van der Waals surface area contributed by atoms with Gasteiger partial charge in [0.25, 0.3) is 10.0 Å². The Morgan fingerprint density at radius 3 is 2.92 bits per heavy atom. The first-order chi connectivity index (χ1) is 11.5. The van der Waals surface area contributed by atoms with Crippen LogP contribution >= 0.6 is 0 Å². The molecule has 0 radical (unpaired) electrons. The minimum atomic E-state index is -3.64. The summed E-state index contributed by atoms with van der Waals surface area (Å²) in [4.78, 5) is 10.2. The average Bonchev–Trinajstić information content (AvgIpc) is 3.18. The molecule has 0 unspecified atom stereocenters. The van der Waals surface area contributed by atoms with Crippen LogP contribution in [0.3, 0.4) is 0 Å². The summed E-state index contributed by atoms with van der Waals surface area (Å²) in [5, 5.41) is 0.845. The Bertz CT molecular complexity index is 1020. The number of nitrogens with one attached hydrogen (secondary N) is 2. The van der Waals surface area contributed by atoms with Crippen LogP contribution in [0.4, 0.5) is 4.39 Å². The molecule has 6 nitrogen and oxygen atoms in total. The van der Waals surface area contributed by atoms with Gasteiger partial charge in [-0.1, -0.05) is 6.92 Å². The lowest BCUT2D eigenvalue weighted by molar-refractivity contribution is 0.389. The zero-order chi connectivity index (χ0) is 16.9. The highest BCUT2D eigenvalue weighted by molar-refractivity contribution is 7.89. The molecule has 4 rings (SSSR count). The average molecular weight is 348 g/mol. The fraction of sp³-hybridized carbons (Fsp3) is 0.312. The van der Waals surface area contributed by atoms with Gasteiger partial charge in [0.15, 0.2) is 5.03 Å². The number of aromatic amines is 2. The van der Waals surface area contributed by atoms with Crippen molar-refractivity contribution < 1.29 is 12.8 Å². The van der Waals surface area contributed by atoms with Gasteiger partial charge in [-0.25, -0.2) is 17.8 Å². The zero-order valence-electron chi connectivity index (χ0n) is 13.1. The highest BCUT2D eigenvalue weighted by Gasteiger charge is 2.31. The Morgan fingerprint density at radius 1 is 1.33 bits per heavy atom. The van der Waals surface area contributed by atoms with Crippen molar-refractivity contribution in [2.24, 2.45) is 0 Å². The van der Waals surface area contributed by atoms with Crippen molar-refractivity contribution in [3.63, 3.8) is 0 Å². The Morgan fingerprint density at radius 2 is 2.17 bits per heavy atom. The minimum absolute atomic E-state index is 0.105. The summed E-state index contributed by atoms with van der Waals surface area (Å²) in [6.07, 6.45) is 2.57. The molecule has 0 fully saturated rings. The van der Waals surface area contributed by atoms with E-state index in [2.05, 4.69) is 15.0 Å². The standard InChI is InChI=1S/C16H17FN4O2S/c1-2-15-18-8-16(20-15)24(22,23)21-6-5-14-12(9-21)11-7-10(17)3-4-13(11)19-14/h3-4,7-8,19H,2,5-6,9H2,1H3,(H,18,20).